The Labute approximate surface area is 118 Å². The highest BCUT2D eigenvalue weighted by Gasteiger charge is 2.36. The first-order valence-corrected chi connectivity index (χ1v) is 7.26. The molecule has 1 saturated carbocycles. The van der Waals surface area contributed by atoms with Crippen molar-refractivity contribution in [2.45, 2.75) is 38.3 Å². The fourth-order valence-corrected chi connectivity index (χ4v) is 2.86. The predicted octanol–water partition coefficient (Wildman–Crippen LogP) is 2.08. The van der Waals surface area contributed by atoms with Gasteiger partial charge in [0.05, 0.1) is 25.7 Å². The highest BCUT2D eigenvalue weighted by molar-refractivity contribution is 5.67. The van der Waals surface area contributed by atoms with Crippen molar-refractivity contribution in [3.63, 3.8) is 0 Å². The highest BCUT2D eigenvalue weighted by Crippen LogP contribution is 2.47. The Balaban J connectivity index is 1.54. The van der Waals surface area contributed by atoms with Gasteiger partial charge < -0.3 is 14.3 Å². The minimum atomic E-state index is -0.806. The maximum atomic E-state index is 10.7. The van der Waals surface area contributed by atoms with Crippen LogP contribution in [0.5, 0.6) is 0 Å². The predicted molar refractivity (Wildman–Crippen MR) is 72.5 cm³/mol. The van der Waals surface area contributed by atoms with Crippen LogP contribution in [0.4, 0.5) is 0 Å². The number of hydrogen-bond donors (Lipinski definition) is 1. The zero-order valence-electron chi connectivity index (χ0n) is 11.7. The minimum absolute atomic E-state index is 0.0689. The number of carboxylic acid groups (broad SMARTS) is 1. The van der Waals surface area contributed by atoms with Gasteiger partial charge in [-0.25, -0.2) is 0 Å². The van der Waals surface area contributed by atoms with Crippen molar-refractivity contribution in [2.75, 3.05) is 19.7 Å². The van der Waals surface area contributed by atoms with Gasteiger partial charge in [-0.3, -0.25) is 9.69 Å². The summed E-state index contributed by atoms with van der Waals surface area (Å²) >= 11 is 0. The number of ether oxygens (including phenoxy) is 1. The van der Waals surface area contributed by atoms with Crippen LogP contribution in [0.1, 0.15) is 37.2 Å². The minimum Gasteiger partial charge on any atom is -0.481 e. The number of hydrogen-bond acceptors (Lipinski definition) is 4. The molecule has 2 aliphatic rings. The Hall–Kier alpha value is -1.33. The second-order valence-corrected chi connectivity index (χ2v) is 5.95. The van der Waals surface area contributed by atoms with Crippen LogP contribution in [0.15, 0.2) is 16.5 Å². The van der Waals surface area contributed by atoms with Crippen LogP contribution in [0.25, 0.3) is 0 Å². The summed E-state index contributed by atoms with van der Waals surface area (Å²) in [7, 11) is 0. The second kappa shape index (κ2) is 5.58. The van der Waals surface area contributed by atoms with E-state index in [-0.39, 0.29) is 12.5 Å². The molecule has 1 saturated heterocycles. The lowest BCUT2D eigenvalue weighted by atomic mass is 10.2. The Morgan fingerprint density at radius 2 is 2.30 bits per heavy atom. The lowest BCUT2D eigenvalue weighted by molar-refractivity contribution is -0.142. The molecule has 1 aromatic heterocycles. The van der Waals surface area contributed by atoms with Crippen LogP contribution >= 0.6 is 0 Å². The molecule has 20 heavy (non-hydrogen) atoms. The fourth-order valence-electron chi connectivity index (χ4n) is 2.86. The van der Waals surface area contributed by atoms with Gasteiger partial charge in [-0.2, -0.15) is 0 Å². The summed E-state index contributed by atoms with van der Waals surface area (Å²) in [5.41, 5.74) is 0. The maximum Gasteiger partial charge on any atom is 0.306 e. The molecule has 0 bridgehead atoms. The van der Waals surface area contributed by atoms with E-state index >= 15 is 0 Å². The van der Waals surface area contributed by atoms with Crippen molar-refractivity contribution in [3.05, 3.63) is 23.7 Å². The average Bonchev–Trinajstić information content (AvgIpc) is 2.94. The van der Waals surface area contributed by atoms with Crippen molar-refractivity contribution in [1.29, 1.82) is 0 Å². The van der Waals surface area contributed by atoms with Crippen LogP contribution in [-0.2, 0) is 16.1 Å². The number of carbonyl (C=O) groups is 1. The van der Waals surface area contributed by atoms with E-state index in [0.717, 1.165) is 30.5 Å². The Bertz CT molecular complexity index is 484. The molecule has 1 aliphatic heterocycles. The van der Waals surface area contributed by atoms with Crippen molar-refractivity contribution < 1.29 is 19.1 Å². The van der Waals surface area contributed by atoms with Gasteiger partial charge in [-0.05, 0) is 24.5 Å². The van der Waals surface area contributed by atoms with Crippen LogP contribution in [0, 0.1) is 5.92 Å². The smallest absolute Gasteiger partial charge is 0.306 e. The molecule has 3 unspecified atom stereocenters. The van der Waals surface area contributed by atoms with Crippen molar-refractivity contribution >= 4 is 5.97 Å². The Morgan fingerprint density at radius 1 is 1.50 bits per heavy atom. The van der Waals surface area contributed by atoms with Gasteiger partial charge in [0, 0.05) is 19.0 Å². The van der Waals surface area contributed by atoms with E-state index in [1.165, 1.54) is 6.42 Å². The molecule has 1 aromatic rings. The van der Waals surface area contributed by atoms with Gasteiger partial charge in [0.15, 0.2) is 0 Å². The molecular weight excluding hydrogens is 258 g/mol. The molecule has 0 amide bonds. The molecule has 5 nitrogen and oxygen atoms in total. The van der Waals surface area contributed by atoms with Crippen LogP contribution in [0.2, 0.25) is 0 Å². The summed E-state index contributed by atoms with van der Waals surface area (Å²) in [5.74, 6) is 2.61. The first-order valence-electron chi connectivity index (χ1n) is 7.26. The summed E-state index contributed by atoms with van der Waals surface area (Å²) < 4.78 is 11.4. The van der Waals surface area contributed by atoms with Crippen molar-refractivity contribution in [1.82, 2.24) is 4.90 Å². The molecule has 3 rings (SSSR count). The normalized spacial score (nSPS) is 30.4. The Morgan fingerprint density at radius 3 is 3.00 bits per heavy atom. The summed E-state index contributed by atoms with van der Waals surface area (Å²) in [6.45, 7) is 5.05. The van der Waals surface area contributed by atoms with Crippen LogP contribution < -0.4 is 0 Å². The molecule has 110 valence electrons. The third-order valence-electron chi connectivity index (χ3n) is 4.16. The molecule has 1 N–H and O–H groups in total. The highest BCUT2D eigenvalue weighted by atomic mass is 16.5. The van der Waals surface area contributed by atoms with E-state index in [4.69, 9.17) is 14.3 Å². The molecular formula is C15H21NO4. The SMILES string of the molecule is CC1CC1c1ccc(CN2CCOC(CC(=O)O)C2)o1. The monoisotopic (exact) mass is 279 g/mol. The van der Waals surface area contributed by atoms with Gasteiger partial charge >= 0.3 is 5.97 Å². The number of rotatable bonds is 5. The van der Waals surface area contributed by atoms with Crippen molar-refractivity contribution in [3.8, 4) is 0 Å². The largest absolute Gasteiger partial charge is 0.481 e. The zero-order valence-corrected chi connectivity index (χ0v) is 11.7. The summed E-state index contributed by atoms with van der Waals surface area (Å²) in [6, 6.07) is 4.13. The van der Waals surface area contributed by atoms with E-state index in [2.05, 4.69) is 17.9 Å². The van der Waals surface area contributed by atoms with Crippen LogP contribution in [0.3, 0.4) is 0 Å². The average molecular weight is 279 g/mol. The van der Waals surface area contributed by atoms with Gasteiger partial charge in [0.1, 0.15) is 11.5 Å². The van der Waals surface area contributed by atoms with Gasteiger partial charge in [0.25, 0.3) is 0 Å². The molecule has 0 radical (unpaired) electrons. The van der Waals surface area contributed by atoms with Gasteiger partial charge in [0.2, 0.25) is 0 Å². The fraction of sp³-hybridized carbons (Fsp3) is 0.667. The first-order chi connectivity index (χ1) is 9.61. The molecule has 2 heterocycles. The second-order valence-electron chi connectivity index (χ2n) is 5.95. The summed E-state index contributed by atoms with van der Waals surface area (Å²) in [4.78, 5) is 12.9. The quantitative estimate of drug-likeness (QED) is 0.894. The Kier molecular flexibility index (Phi) is 3.81. The number of carboxylic acids is 1. The maximum absolute atomic E-state index is 10.7. The lowest BCUT2D eigenvalue weighted by Crippen LogP contribution is -2.42. The standard InChI is InChI=1S/C15H21NO4/c1-10-6-13(10)14-3-2-11(20-14)8-16-4-5-19-12(9-16)7-15(17)18/h2-3,10,12-13H,4-9H2,1H3,(H,17,18). The van der Waals surface area contributed by atoms with Crippen molar-refractivity contribution in [2.24, 2.45) is 5.92 Å². The number of furan rings is 1. The molecule has 1 aliphatic carbocycles. The van der Waals surface area contributed by atoms with E-state index in [9.17, 15) is 4.79 Å². The van der Waals surface area contributed by atoms with Crippen LogP contribution in [-0.4, -0.2) is 41.8 Å². The summed E-state index contributed by atoms with van der Waals surface area (Å²) in [6.07, 6.45) is 1.09. The van der Waals surface area contributed by atoms with E-state index < -0.39 is 5.97 Å². The summed E-state index contributed by atoms with van der Waals surface area (Å²) in [5, 5.41) is 8.82. The zero-order chi connectivity index (χ0) is 14.1. The van der Waals surface area contributed by atoms with Gasteiger partial charge in [-0.15, -0.1) is 0 Å². The lowest BCUT2D eigenvalue weighted by Gasteiger charge is -2.31. The van der Waals surface area contributed by atoms with E-state index in [1.807, 2.05) is 6.07 Å². The van der Waals surface area contributed by atoms with E-state index in [1.54, 1.807) is 0 Å². The molecule has 5 heteroatoms. The van der Waals surface area contributed by atoms with Gasteiger partial charge in [-0.1, -0.05) is 6.92 Å². The third-order valence-corrected chi connectivity index (χ3v) is 4.16. The first kappa shape index (κ1) is 13.6. The van der Waals surface area contributed by atoms with E-state index in [0.29, 0.717) is 19.1 Å². The molecule has 0 aromatic carbocycles. The number of aliphatic carboxylic acids is 1. The molecule has 2 fully saturated rings. The molecule has 3 atom stereocenters. The molecule has 0 spiro atoms. The third kappa shape index (κ3) is 3.22. The topological polar surface area (TPSA) is 62.9 Å². The number of morpholine rings is 1. The number of nitrogens with zero attached hydrogens (tertiary/aromatic N) is 1.